The molecule has 0 atom stereocenters. The second-order valence-corrected chi connectivity index (χ2v) is 8.80. The lowest BCUT2D eigenvalue weighted by Gasteiger charge is -2.39. The molecule has 0 aliphatic carbocycles. The summed E-state index contributed by atoms with van der Waals surface area (Å²) in [7, 11) is 0. The predicted molar refractivity (Wildman–Crippen MR) is 123 cm³/mol. The Morgan fingerprint density at radius 3 is 2.64 bits per heavy atom. The fourth-order valence-corrected chi connectivity index (χ4v) is 5.31. The fraction of sp³-hybridized carbons (Fsp3) is 0.381. The van der Waals surface area contributed by atoms with E-state index in [1.54, 1.807) is 23.2 Å². The number of halogens is 3. The van der Waals surface area contributed by atoms with Gasteiger partial charge in [-0.25, -0.2) is 4.98 Å². The molecule has 176 valence electrons. The number of carbonyl (C=O) groups excluding carboxylic acids is 1. The summed E-state index contributed by atoms with van der Waals surface area (Å²) in [6.45, 7) is 3.52. The number of aromatic nitrogens is 2. The van der Waals surface area contributed by atoms with Crippen molar-refractivity contribution in [2.24, 2.45) is 5.73 Å². The van der Waals surface area contributed by atoms with Crippen LogP contribution >= 0.6 is 11.3 Å². The summed E-state index contributed by atoms with van der Waals surface area (Å²) < 4.78 is 41.5. The highest BCUT2D eigenvalue weighted by atomic mass is 32.1. The summed E-state index contributed by atoms with van der Waals surface area (Å²) in [5, 5.41) is -0.291. The van der Waals surface area contributed by atoms with Crippen molar-refractivity contribution < 1.29 is 18.0 Å². The SMILES string of the molecule is CCN(c1ccc[nH]c1=O)C1CCN(c2cc(C(F)(F)F)c3c(N)c(C(N)=O)sc3n2)CC1. The van der Waals surface area contributed by atoms with Crippen molar-refractivity contribution in [3.05, 3.63) is 45.2 Å². The number of piperidine rings is 1. The zero-order valence-corrected chi connectivity index (χ0v) is 18.6. The van der Waals surface area contributed by atoms with Crippen LogP contribution in [0.4, 0.5) is 30.4 Å². The number of aromatic amines is 1. The van der Waals surface area contributed by atoms with Gasteiger partial charge in [0.1, 0.15) is 21.2 Å². The second kappa shape index (κ2) is 8.58. The van der Waals surface area contributed by atoms with Crippen LogP contribution < -0.4 is 26.8 Å². The number of anilines is 3. The Bertz CT molecular complexity index is 1250. The average Bonchev–Trinajstić information content (AvgIpc) is 3.11. The Morgan fingerprint density at radius 2 is 2.06 bits per heavy atom. The number of nitrogens with two attached hydrogens (primary N) is 2. The molecule has 0 saturated carbocycles. The van der Waals surface area contributed by atoms with E-state index in [4.69, 9.17) is 11.5 Å². The van der Waals surface area contributed by atoms with Gasteiger partial charge in [-0.3, -0.25) is 9.59 Å². The number of alkyl halides is 3. The molecular formula is C21H23F3N6O2S. The molecule has 4 heterocycles. The van der Waals surface area contributed by atoms with Crippen LogP contribution in [-0.4, -0.2) is 41.6 Å². The highest BCUT2D eigenvalue weighted by Crippen LogP contribution is 2.43. The maximum Gasteiger partial charge on any atom is 0.417 e. The van der Waals surface area contributed by atoms with E-state index in [0.717, 1.165) is 17.4 Å². The number of H-pyrrole nitrogens is 1. The van der Waals surface area contributed by atoms with Crippen molar-refractivity contribution in [3.63, 3.8) is 0 Å². The lowest BCUT2D eigenvalue weighted by molar-refractivity contribution is -0.136. The number of hydrogen-bond acceptors (Lipinski definition) is 7. The van der Waals surface area contributed by atoms with Gasteiger partial charge in [0.15, 0.2) is 0 Å². The molecule has 1 saturated heterocycles. The average molecular weight is 481 g/mol. The molecule has 0 radical (unpaired) electrons. The van der Waals surface area contributed by atoms with Crippen molar-refractivity contribution in [1.82, 2.24) is 9.97 Å². The third kappa shape index (κ3) is 4.22. The van der Waals surface area contributed by atoms with Crippen LogP contribution in [0.1, 0.15) is 35.0 Å². The summed E-state index contributed by atoms with van der Waals surface area (Å²) in [6, 6.07) is 4.58. The van der Waals surface area contributed by atoms with E-state index in [2.05, 4.69) is 9.97 Å². The van der Waals surface area contributed by atoms with E-state index in [-0.39, 0.29) is 38.2 Å². The number of rotatable bonds is 5. The van der Waals surface area contributed by atoms with E-state index >= 15 is 0 Å². The summed E-state index contributed by atoms with van der Waals surface area (Å²) in [5.74, 6) is -0.715. The summed E-state index contributed by atoms with van der Waals surface area (Å²) in [4.78, 5) is 34.6. The minimum absolute atomic E-state index is 0.0271. The van der Waals surface area contributed by atoms with Gasteiger partial charge in [0.05, 0.1) is 11.3 Å². The van der Waals surface area contributed by atoms with Crippen LogP contribution in [0.25, 0.3) is 10.2 Å². The van der Waals surface area contributed by atoms with Crippen LogP contribution in [-0.2, 0) is 6.18 Å². The Morgan fingerprint density at radius 1 is 1.36 bits per heavy atom. The predicted octanol–water partition coefficient (Wildman–Crippen LogP) is 3.18. The molecule has 1 aliphatic heterocycles. The Kier molecular flexibility index (Phi) is 5.95. The molecule has 5 N–H and O–H groups in total. The Balaban J connectivity index is 1.64. The molecule has 33 heavy (non-hydrogen) atoms. The molecular weight excluding hydrogens is 457 g/mol. The summed E-state index contributed by atoms with van der Waals surface area (Å²) in [6.07, 6.45) is -1.82. The summed E-state index contributed by atoms with van der Waals surface area (Å²) >= 11 is 0.765. The number of nitrogens with one attached hydrogen (secondary N) is 1. The molecule has 3 aromatic rings. The lowest BCUT2D eigenvalue weighted by atomic mass is 10.0. The number of carbonyl (C=O) groups is 1. The highest BCUT2D eigenvalue weighted by Gasteiger charge is 2.37. The van der Waals surface area contributed by atoms with Gasteiger partial charge in [-0.1, -0.05) is 0 Å². The fourth-order valence-electron chi connectivity index (χ4n) is 4.35. The van der Waals surface area contributed by atoms with Crippen LogP contribution in [0, 0.1) is 0 Å². The molecule has 0 bridgehead atoms. The van der Waals surface area contributed by atoms with Gasteiger partial charge < -0.3 is 26.3 Å². The van der Waals surface area contributed by atoms with E-state index in [1.807, 2.05) is 11.8 Å². The van der Waals surface area contributed by atoms with Crippen molar-refractivity contribution in [2.75, 3.05) is 35.2 Å². The third-order valence-electron chi connectivity index (χ3n) is 5.89. The maximum atomic E-state index is 13.8. The number of amides is 1. The first-order valence-corrected chi connectivity index (χ1v) is 11.2. The molecule has 1 amide bonds. The second-order valence-electron chi connectivity index (χ2n) is 7.80. The molecule has 3 aromatic heterocycles. The van der Waals surface area contributed by atoms with Gasteiger partial charge in [0.25, 0.3) is 11.5 Å². The van der Waals surface area contributed by atoms with E-state index in [0.29, 0.717) is 38.2 Å². The number of nitrogens with zero attached hydrogens (tertiary/aromatic N) is 3. The van der Waals surface area contributed by atoms with Gasteiger partial charge in [0.2, 0.25) is 0 Å². The van der Waals surface area contributed by atoms with Crippen molar-refractivity contribution in [3.8, 4) is 0 Å². The molecule has 0 spiro atoms. The first-order chi connectivity index (χ1) is 15.6. The quantitative estimate of drug-likeness (QED) is 0.516. The molecule has 12 heteroatoms. The van der Waals surface area contributed by atoms with Crippen LogP contribution in [0.15, 0.2) is 29.2 Å². The van der Waals surface area contributed by atoms with Crippen molar-refractivity contribution >= 4 is 44.7 Å². The third-order valence-corrected chi connectivity index (χ3v) is 7.01. The van der Waals surface area contributed by atoms with E-state index in [1.165, 1.54) is 0 Å². The van der Waals surface area contributed by atoms with Gasteiger partial charge >= 0.3 is 6.18 Å². The smallest absolute Gasteiger partial charge is 0.397 e. The van der Waals surface area contributed by atoms with Crippen LogP contribution in [0.2, 0.25) is 0 Å². The standard InChI is InChI=1S/C21H23F3N6O2S/c1-2-30(13-4-3-7-27-19(13)32)11-5-8-29(9-6-11)14-10-12(21(22,23)24)15-16(25)17(18(26)31)33-20(15)28-14/h3-4,7,10-11H,2,5-6,8-9,25H2,1H3,(H2,26,31)(H,27,32). The zero-order valence-electron chi connectivity index (χ0n) is 17.8. The molecule has 0 unspecified atom stereocenters. The molecule has 4 rings (SSSR count). The van der Waals surface area contributed by atoms with Gasteiger partial charge in [-0.2, -0.15) is 13.2 Å². The van der Waals surface area contributed by atoms with E-state index in [9.17, 15) is 22.8 Å². The number of primary amides is 1. The number of hydrogen-bond donors (Lipinski definition) is 3. The molecule has 1 aliphatic rings. The normalized spacial score (nSPS) is 15.2. The first kappa shape index (κ1) is 22.9. The van der Waals surface area contributed by atoms with Crippen molar-refractivity contribution in [2.45, 2.75) is 32.0 Å². The molecule has 0 aromatic carbocycles. The Hall–Kier alpha value is -3.28. The monoisotopic (exact) mass is 480 g/mol. The van der Waals surface area contributed by atoms with E-state index < -0.39 is 17.6 Å². The Labute approximate surface area is 191 Å². The molecule has 8 nitrogen and oxygen atoms in total. The minimum atomic E-state index is -4.67. The minimum Gasteiger partial charge on any atom is -0.397 e. The van der Waals surface area contributed by atoms with Gasteiger partial charge in [-0.05, 0) is 38.0 Å². The molecule has 1 fully saturated rings. The van der Waals surface area contributed by atoms with Gasteiger partial charge in [0, 0.05) is 37.3 Å². The zero-order chi connectivity index (χ0) is 23.9. The van der Waals surface area contributed by atoms with Gasteiger partial charge in [-0.15, -0.1) is 11.3 Å². The number of thiophene rings is 1. The topological polar surface area (TPSA) is 121 Å². The largest absolute Gasteiger partial charge is 0.417 e. The summed E-state index contributed by atoms with van der Waals surface area (Å²) in [5.41, 5.74) is 10.3. The highest BCUT2D eigenvalue weighted by molar-refractivity contribution is 7.21. The first-order valence-electron chi connectivity index (χ1n) is 10.4. The van der Waals surface area contributed by atoms with Crippen molar-refractivity contribution in [1.29, 1.82) is 0 Å². The van der Waals surface area contributed by atoms with Crippen LogP contribution in [0.3, 0.4) is 0 Å². The number of fused-ring (bicyclic) bond motifs is 1. The number of pyridine rings is 2. The van der Waals surface area contributed by atoms with Crippen LogP contribution in [0.5, 0.6) is 0 Å². The lowest BCUT2D eigenvalue weighted by Crippen LogP contribution is -2.46. The maximum absolute atomic E-state index is 13.8. The number of nitrogen functional groups attached to an aromatic ring is 1.